The lowest BCUT2D eigenvalue weighted by Crippen LogP contribution is -2.16. The van der Waals surface area contributed by atoms with E-state index < -0.39 is 18.0 Å². The number of carboxylic acids is 1. The summed E-state index contributed by atoms with van der Waals surface area (Å²) in [4.78, 5) is 14.0. The molecule has 0 atom stereocenters. The molecule has 1 aromatic heterocycles. The van der Waals surface area contributed by atoms with E-state index in [1.54, 1.807) is 12.1 Å². The number of imidazole rings is 1. The van der Waals surface area contributed by atoms with Gasteiger partial charge < -0.3 is 9.67 Å². The highest BCUT2D eigenvalue weighted by atomic mass is 19.4. The maximum Gasteiger partial charge on any atom is 0.449 e. The van der Waals surface area contributed by atoms with Crippen LogP contribution in [-0.2, 0) is 17.5 Å². The molecule has 0 aliphatic carbocycles. The van der Waals surface area contributed by atoms with E-state index in [2.05, 4.69) is 4.98 Å². The number of aryl methyl sites for hydroxylation is 1. The van der Waals surface area contributed by atoms with Crippen LogP contribution < -0.4 is 0 Å². The Morgan fingerprint density at radius 2 is 2.00 bits per heavy atom. The van der Waals surface area contributed by atoms with E-state index in [1.807, 2.05) is 0 Å². The fourth-order valence-electron chi connectivity index (χ4n) is 1.73. The Kier molecular flexibility index (Phi) is 2.98. The van der Waals surface area contributed by atoms with E-state index in [-0.39, 0.29) is 24.0 Å². The molecule has 7 heteroatoms. The summed E-state index contributed by atoms with van der Waals surface area (Å²) in [5.74, 6) is -2.22. The first-order valence-electron chi connectivity index (χ1n) is 5.14. The van der Waals surface area contributed by atoms with Gasteiger partial charge in [0.2, 0.25) is 5.82 Å². The Morgan fingerprint density at radius 1 is 1.33 bits per heavy atom. The fourth-order valence-corrected chi connectivity index (χ4v) is 1.73. The average molecular weight is 258 g/mol. The third kappa shape index (κ3) is 2.29. The van der Waals surface area contributed by atoms with Crippen molar-refractivity contribution in [1.82, 2.24) is 9.55 Å². The number of hydrogen-bond acceptors (Lipinski definition) is 2. The van der Waals surface area contributed by atoms with Crippen LogP contribution in [0.4, 0.5) is 13.2 Å². The van der Waals surface area contributed by atoms with Crippen molar-refractivity contribution in [3.8, 4) is 0 Å². The van der Waals surface area contributed by atoms with Gasteiger partial charge >= 0.3 is 12.1 Å². The number of benzene rings is 1. The summed E-state index contributed by atoms with van der Waals surface area (Å²) in [6, 6.07) is 6.11. The molecule has 0 saturated carbocycles. The van der Waals surface area contributed by atoms with Gasteiger partial charge in [-0.2, -0.15) is 13.2 Å². The number of para-hydroxylation sites is 2. The average Bonchev–Trinajstić information content (AvgIpc) is 2.64. The van der Waals surface area contributed by atoms with Crippen molar-refractivity contribution in [3.63, 3.8) is 0 Å². The van der Waals surface area contributed by atoms with E-state index in [9.17, 15) is 18.0 Å². The maximum atomic E-state index is 12.8. The van der Waals surface area contributed by atoms with Gasteiger partial charge in [0.05, 0.1) is 17.5 Å². The molecule has 0 bridgehead atoms. The first-order chi connectivity index (χ1) is 8.39. The van der Waals surface area contributed by atoms with Crippen molar-refractivity contribution >= 4 is 17.0 Å². The maximum absolute atomic E-state index is 12.8. The van der Waals surface area contributed by atoms with E-state index in [0.29, 0.717) is 0 Å². The molecule has 1 aromatic carbocycles. The predicted molar refractivity (Wildman–Crippen MR) is 57.0 cm³/mol. The van der Waals surface area contributed by atoms with Crippen LogP contribution in [0, 0.1) is 0 Å². The summed E-state index contributed by atoms with van der Waals surface area (Å²) in [5, 5.41) is 8.56. The number of rotatable bonds is 3. The normalized spacial score (nSPS) is 11.9. The van der Waals surface area contributed by atoms with Crippen LogP contribution in [0.25, 0.3) is 11.0 Å². The number of aromatic nitrogens is 2. The highest BCUT2D eigenvalue weighted by molar-refractivity contribution is 5.76. The van der Waals surface area contributed by atoms with E-state index in [1.165, 1.54) is 12.1 Å². The highest BCUT2D eigenvalue weighted by Gasteiger charge is 2.37. The first-order valence-corrected chi connectivity index (χ1v) is 5.14. The molecular formula is C11H9F3N2O2. The van der Waals surface area contributed by atoms with E-state index >= 15 is 0 Å². The number of alkyl halides is 3. The number of nitrogens with zero attached hydrogens (tertiary/aromatic N) is 2. The van der Waals surface area contributed by atoms with Crippen LogP contribution in [0.5, 0.6) is 0 Å². The van der Waals surface area contributed by atoms with Crippen LogP contribution in [0.2, 0.25) is 0 Å². The smallest absolute Gasteiger partial charge is 0.449 e. The molecule has 0 fully saturated rings. The largest absolute Gasteiger partial charge is 0.481 e. The minimum Gasteiger partial charge on any atom is -0.481 e. The Labute approximate surface area is 99.7 Å². The molecule has 2 rings (SSSR count). The summed E-state index contributed by atoms with van der Waals surface area (Å²) in [6.45, 7) is -0.259. The van der Waals surface area contributed by atoms with E-state index in [0.717, 1.165) is 4.57 Å². The summed E-state index contributed by atoms with van der Waals surface area (Å²) in [7, 11) is 0. The molecule has 18 heavy (non-hydrogen) atoms. The highest BCUT2D eigenvalue weighted by Crippen LogP contribution is 2.31. The zero-order valence-electron chi connectivity index (χ0n) is 9.11. The molecule has 0 radical (unpaired) electrons. The van der Waals surface area contributed by atoms with Crippen molar-refractivity contribution in [3.05, 3.63) is 30.1 Å². The lowest BCUT2D eigenvalue weighted by molar-refractivity contribution is -0.148. The number of fused-ring (bicyclic) bond motifs is 1. The third-order valence-electron chi connectivity index (χ3n) is 2.46. The molecule has 0 spiro atoms. The molecule has 2 aromatic rings. The van der Waals surface area contributed by atoms with Gasteiger partial charge in [0.1, 0.15) is 0 Å². The Bertz CT molecular complexity index is 589. The molecule has 0 aliphatic heterocycles. The molecule has 4 nitrogen and oxygen atoms in total. The lowest BCUT2D eigenvalue weighted by atomic mass is 10.3. The molecule has 0 aliphatic rings. The third-order valence-corrected chi connectivity index (χ3v) is 2.46. The molecule has 1 N–H and O–H groups in total. The molecule has 96 valence electrons. The fraction of sp³-hybridized carbons (Fsp3) is 0.273. The van der Waals surface area contributed by atoms with Crippen LogP contribution in [0.15, 0.2) is 24.3 Å². The van der Waals surface area contributed by atoms with Gasteiger partial charge in [0.25, 0.3) is 0 Å². The van der Waals surface area contributed by atoms with Crippen LogP contribution >= 0.6 is 0 Å². The quantitative estimate of drug-likeness (QED) is 0.920. The predicted octanol–water partition coefficient (Wildman–Crippen LogP) is 2.53. The number of aliphatic carboxylic acids is 1. The second kappa shape index (κ2) is 4.32. The standard InChI is InChI=1S/C11H9F3N2O2/c12-11(13,14)10-15-7-3-1-2-4-8(7)16(10)6-5-9(17)18/h1-4H,5-6H2,(H,17,18). The van der Waals surface area contributed by atoms with Crippen LogP contribution in [0.1, 0.15) is 12.2 Å². The summed E-state index contributed by atoms with van der Waals surface area (Å²) in [5.41, 5.74) is 0.487. The molecule has 0 amide bonds. The number of hydrogen-bond donors (Lipinski definition) is 1. The second-order valence-corrected chi connectivity index (χ2v) is 3.72. The topological polar surface area (TPSA) is 55.1 Å². The van der Waals surface area contributed by atoms with Gasteiger partial charge in [-0.3, -0.25) is 4.79 Å². The van der Waals surface area contributed by atoms with Gasteiger partial charge in [-0.25, -0.2) is 4.98 Å². The number of carboxylic acid groups (broad SMARTS) is 1. The van der Waals surface area contributed by atoms with Crippen molar-refractivity contribution in [2.45, 2.75) is 19.1 Å². The van der Waals surface area contributed by atoms with E-state index in [4.69, 9.17) is 5.11 Å². The molecule has 0 saturated heterocycles. The second-order valence-electron chi connectivity index (χ2n) is 3.72. The van der Waals surface area contributed by atoms with Gasteiger partial charge in [0, 0.05) is 6.54 Å². The minimum absolute atomic E-state index is 0.204. The van der Waals surface area contributed by atoms with Gasteiger partial charge in [0.15, 0.2) is 0 Å². The first kappa shape index (κ1) is 12.4. The van der Waals surface area contributed by atoms with Crippen molar-refractivity contribution in [1.29, 1.82) is 0 Å². The minimum atomic E-state index is -4.60. The Hall–Kier alpha value is -2.05. The van der Waals surface area contributed by atoms with Gasteiger partial charge in [-0.05, 0) is 12.1 Å². The van der Waals surface area contributed by atoms with Crippen molar-refractivity contribution in [2.24, 2.45) is 0 Å². The zero-order valence-corrected chi connectivity index (χ0v) is 9.11. The zero-order chi connectivity index (χ0) is 13.3. The van der Waals surface area contributed by atoms with Crippen molar-refractivity contribution < 1.29 is 23.1 Å². The summed E-state index contributed by atoms with van der Waals surface area (Å²) < 4.78 is 39.2. The van der Waals surface area contributed by atoms with Crippen molar-refractivity contribution in [2.75, 3.05) is 0 Å². The Balaban J connectivity index is 2.54. The molecule has 1 heterocycles. The lowest BCUT2D eigenvalue weighted by Gasteiger charge is -2.09. The number of halogens is 3. The molecular weight excluding hydrogens is 249 g/mol. The van der Waals surface area contributed by atoms with Gasteiger partial charge in [-0.1, -0.05) is 12.1 Å². The van der Waals surface area contributed by atoms with Crippen LogP contribution in [0.3, 0.4) is 0 Å². The SMILES string of the molecule is O=C(O)CCn1c(C(F)(F)F)nc2ccccc21. The molecule has 0 unspecified atom stereocenters. The monoisotopic (exact) mass is 258 g/mol. The van der Waals surface area contributed by atoms with Crippen LogP contribution in [-0.4, -0.2) is 20.6 Å². The number of carbonyl (C=O) groups is 1. The Morgan fingerprint density at radius 3 is 2.61 bits per heavy atom. The summed E-state index contributed by atoms with van der Waals surface area (Å²) in [6.07, 6.45) is -4.99. The van der Waals surface area contributed by atoms with Gasteiger partial charge in [-0.15, -0.1) is 0 Å². The summed E-state index contributed by atoms with van der Waals surface area (Å²) >= 11 is 0.